The Labute approximate surface area is 118 Å². The first kappa shape index (κ1) is 12.9. The summed E-state index contributed by atoms with van der Waals surface area (Å²) in [6.45, 7) is 3.33. The third-order valence-electron chi connectivity index (χ3n) is 3.79. The number of hydrogen-bond donors (Lipinski definition) is 2. The molecule has 1 aliphatic heterocycles. The molecule has 2 aromatic rings. The van der Waals surface area contributed by atoms with Crippen molar-refractivity contribution < 1.29 is 9.21 Å². The zero-order valence-electron chi connectivity index (χ0n) is 11.5. The fourth-order valence-corrected chi connectivity index (χ4v) is 2.69. The van der Waals surface area contributed by atoms with Crippen LogP contribution in [0.4, 0.5) is 0 Å². The summed E-state index contributed by atoms with van der Waals surface area (Å²) in [5, 5.41) is 6.43. The number of aryl methyl sites for hydroxylation is 1. The molecular formula is C16H18N2O2. The molecule has 4 nitrogen and oxygen atoms in total. The molecule has 0 bridgehead atoms. The van der Waals surface area contributed by atoms with E-state index < -0.39 is 0 Å². The molecule has 0 spiro atoms. The Morgan fingerprint density at radius 3 is 3.05 bits per heavy atom. The van der Waals surface area contributed by atoms with E-state index in [0.717, 1.165) is 13.0 Å². The summed E-state index contributed by atoms with van der Waals surface area (Å²) in [4.78, 5) is 12.1. The van der Waals surface area contributed by atoms with Gasteiger partial charge in [-0.2, -0.15) is 0 Å². The van der Waals surface area contributed by atoms with Crippen molar-refractivity contribution in [1.82, 2.24) is 10.6 Å². The van der Waals surface area contributed by atoms with Gasteiger partial charge in [-0.15, -0.1) is 0 Å². The molecule has 2 heterocycles. The van der Waals surface area contributed by atoms with Crippen LogP contribution in [-0.4, -0.2) is 19.0 Å². The number of rotatable bonds is 3. The maximum absolute atomic E-state index is 12.1. The van der Waals surface area contributed by atoms with Crippen LogP contribution in [0, 0.1) is 6.92 Å². The highest BCUT2D eigenvalue weighted by molar-refractivity contribution is 5.95. The van der Waals surface area contributed by atoms with Gasteiger partial charge in [0.25, 0.3) is 5.91 Å². The summed E-state index contributed by atoms with van der Waals surface area (Å²) in [6, 6.07) is 10.3. The molecule has 3 rings (SSSR count). The number of carbonyl (C=O) groups is 1. The normalized spacial score (nSPS) is 17.6. The average Bonchev–Trinajstić information content (AvgIpc) is 2.91. The Morgan fingerprint density at radius 1 is 1.40 bits per heavy atom. The topological polar surface area (TPSA) is 54.3 Å². The highest BCUT2D eigenvalue weighted by Crippen LogP contribution is 2.22. The summed E-state index contributed by atoms with van der Waals surface area (Å²) >= 11 is 0. The Hall–Kier alpha value is -2.07. The zero-order valence-corrected chi connectivity index (χ0v) is 11.5. The predicted octanol–water partition coefficient (Wildman–Crippen LogP) is 2.20. The van der Waals surface area contributed by atoms with Crippen LogP contribution >= 0.6 is 0 Å². The lowest BCUT2D eigenvalue weighted by atomic mass is 9.94. The lowest BCUT2D eigenvalue weighted by Gasteiger charge is -2.27. The summed E-state index contributed by atoms with van der Waals surface area (Å²) in [5.74, 6) is 0.570. The fourth-order valence-electron chi connectivity index (χ4n) is 2.69. The molecule has 1 unspecified atom stereocenters. The lowest BCUT2D eigenvalue weighted by Crippen LogP contribution is -2.38. The van der Waals surface area contributed by atoms with Crippen LogP contribution in [0.1, 0.15) is 33.3 Å². The molecule has 1 aliphatic rings. The number of nitrogens with one attached hydrogen (secondary N) is 2. The minimum Gasteiger partial charge on any atom is -0.469 e. The number of hydrogen-bond acceptors (Lipinski definition) is 3. The van der Waals surface area contributed by atoms with Crippen LogP contribution in [0.3, 0.4) is 0 Å². The number of amides is 1. The largest absolute Gasteiger partial charge is 0.469 e. The first-order valence-electron chi connectivity index (χ1n) is 6.89. The molecule has 20 heavy (non-hydrogen) atoms. The van der Waals surface area contributed by atoms with Gasteiger partial charge in [-0.3, -0.25) is 4.79 Å². The first-order chi connectivity index (χ1) is 9.75. The van der Waals surface area contributed by atoms with Gasteiger partial charge in [0.1, 0.15) is 5.76 Å². The molecule has 4 heteroatoms. The van der Waals surface area contributed by atoms with E-state index in [1.165, 1.54) is 11.1 Å². The second kappa shape index (κ2) is 5.51. The van der Waals surface area contributed by atoms with Crippen LogP contribution in [0.25, 0.3) is 0 Å². The maximum atomic E-state index is 12.1. The van der Waals surface area contributed by atoms with Crippen molar-refractivity contribution in [1.29, 1.82) is 0 Å². The van der Waals surface area contributed by atoms with Gasteiger partial charge in [0.2, 0.25) is 0 Å². The van der Waals surface area contributed by atoms with Gasteiger partial charge >= 0.3 is 0 Å². The van der Waals surface area contributed by atoms with E-state index in [-0.39, 0.29) is 11.9 Å². The van der Waals surface area contributed by atoms with Gasteiger partial charge in [-0.25, -0.2) is 0 Å². The Balaban J connectivity index is 1.68. The van der Waals surface area contributed by atoms with E-state index in [1.807, 2.05) is 6.07 Å². The Kier molecular flexibility index (Phi) is 3.56. The Morgan fingerprint density at radius 2 is 2.25 bits per heavy atom. The molecule has 0 radical (unpaired) electrons. The molecule has 0 saturated carbocycles. The molecule has 0 aliphatic carbocycles. The van der Waals surface area contributed by atoms with E-state index in [1.54, 1.807) is 19.3 Å². The molecule has 0 fully saturated rings. The highest BCUT2D eigenvalue weighted by Gasteiger charge is 2.20. The van der Waals surface area contributed by atoms with E-state index in [9.17, 15) is 4.79 Å². The molecule has 1 aromatic carbocycles. The van der Waals surface area contributed by atoms with Crippen molar-refractivity contribution in [2.24, 2.45) is 0 Å². The van der Waals surface area contributed by atoms with E-state index in [4.69, 9.17) is 4.42 Å². The smallest absolute Gasteiger partial charge is 0.254 e. The predicted molar refractivity (Wildman–Crippen MR) is 76.7 cm³/mol. The van der Waals surface area contributed by atoms with Crippen molar-refractivity contribution in [3.8, 4) is 0 Å². The van der Waals surface area contributed by atoms with E-state index in [0.29, 0.717) is 17.9 Å². The minimum atomic E-state index is -0.0823. The van der Waals surface area contributed by atoms with E-state index in [2.05, 4.69) is 28.8 Å². The summed E-state index contributed by atoms with van der Waals surface area (Å²) in [7, 11) is 0. The first-order valence-corrected chi connectivity index (χ1v) is 6.89. The molecule has 0 saturated heterocycles. The fraction of sp³-hybridized carbons (Fsp3) is 0.312. The van der Waals surface area contributed by atoms with E-state index >= 15 is 0 Å². The maximum Gasteiger partial charge on any atom is 0.254 e. The number of furan rings is 1. The van der Waals surface area contributed by atoms with Crippen LogP contribution < -0.4 is 10.6 Å². The van der Waals surface area contributed by atoms with Gasteiger partial charge < -0.3 is 15.1 Å². The standard InChI is InChI=1S/C16H18N2O2/c1-11-13(7-9-20-11)16(19)18-10-15-14-5-3-2-4-12(14)6-8-17-15/h2-5,7,9,15,17H,6,8,10H2,1H3,(H,18,19). The van der Waals surface area contributed by atoms with Crippen molar-refractivity contribution in [3.63, 3.8) is 0 Å². The molecular weight excluding hydrogens is 252 g/mol. The third-order valence-corrected chi connectivity index (χ3v) is 3.79. The van der Waals surface area contributed by atoms with Crippen molar-refractivity contribution in [3.05, 3.63) is 59.0 Å². The van der Waals surface area contributed by atoms with Crippen molar-refractivity contribution >= 4 is 5.91 Å². The van der Waals surface area contributed by atoms with Gasteiger partial charge in [-0.05, 0) is 37.1 Å². The quantitative estimate of drug-likeness (QED) is 0.899. The summed E-state index contributed by atoms with van der Waals surface area (Å²) in [6.07, 6.45) is 2.58. The number of carbonyl (C=O) groups excluding carboxylic acids is 1. The monoisotopic (exact) mass is 270 g/mol. The van der Waals surface area contributed by atoms with Crippen LogP contribution in [0.2, 0.25) is 0 Å². The number of benzene rings is 1. The van der Waals surface area contributed by atoms with Crippen molar-refractivity contribution in [2.75, 3.05) is 13.1 Å². The average molecular weight is 270 g/mol. The van der Waals surface area contributed by atoms with Crippen LogP contribution in [0.5, 0.6) is 0 Å². The molecule has 1 amide bonds. The molecule has 104 valence electrons. The summed E-state index contributed by atoms with van der Waals surface area (Å²) in [5.41, 5.74) is 3.25. The van der Waals surface area contributed by atoms with Crippen LogP contribution in [-0.2, 0) is 6.42 Å². The Bertz CT molecular complexity index is 618. The van der Waals surface area contributed by atoms with Gasteiger partial charge in [0.05, 0.1) is 11.8 Å². The zero-order chi connectivity index (χ0) is 13.9. The molecule has 1 atom stereocenters. The van der Waals surface area contributed by atoms with Gasteiger partial charge in [0, 0.05) is 12.6 Å². The minimum absolute atomic E-state index is 0.0823. The third kappa shape index (κ3) is 2.47. The molecule has 1 aromatic heterocycles. The second-order valence-corrected chi connectivity index (χ2v) is 5.06. The second-order valence-electron chi connectivity index (χ2n) is 5.06. The summed E-state index contributed by atoms with van der Waals surface area (Å²) < 4.78 is 5.16. The van der Waals surface area contributed by atoms with Gasteiger partial charge in [0.15, 0.2) is 0 Å². The SMILES string of the molecule is Cc1occc1C(=O)NCC1NCCc2ccccc21. The number of fused-ring (bicyclic) bond motifs is 1. The molecule has 2 N–H and O–H groups in total. The highest BCUT2D eigenvalue weighted by atomic mass is 16.3. The lowest BCUT2D eigenvalue weighted by molar-refractivity contribution is 0.0947. The van der Waals surface area contributed by atoms with Crippen molar-refractivity contribution in [2.45, 2.75) is 19.4 Å². The van der Waals surface area contributed by atoms with Gasteiger partial charge in [-0.1, -0.05) is 24.3 Å². The van der Waals surface area contributed by atoms with Crippen LogP contribution in [0.15, 0.2) is 41.0 Å².